The predicted octanol–water partition coefficient (Wildman–Crippen LogP) is 3.52. The van der Waals surface area contributed by atoms with Gasteiger partial charge in [-0.05, 0) is 64.9 Å². The second-order valence-corrected chi connectivity index (χ2v) is 7.34. The fraction of sp³-hybridized carbons (Fsp3) is 0.211. The van der Waals surface area contributed by atoms with Gasteiger partial charge in [0.1, 0.15) is 11.8 Å². The van der Waals surface area contributed by atoms with E-state index in [1.54, 1.807) is 50.2 Å². The molecule has 0 fully saturated rings. The Labute approximate surface area is 159 Å². The minimum absolute atomic E-state index is 0.279. The summed E-state index contributed by atoms with van der Waals surface area (Å²) in [5.41, 5.74) is 0.639. The van der Waals surface area contributed by atoms with Crippen LogP contribution in [0.3, 0.4) is 0 Å². The van der Waals surface area contributed by atoms with Crippen LogP contribution >= 0.6 is 22.6 Å². The SMILES string of the molecule is CC(C)C(C(=O)Oc1ccc(I)cc1)N1C(=O)c2ccccc2C1=O. The molecule has 0 saturated carbocycles. The van der Waals surface area contributed by atoms with E-state index < -0.39 is 23.8 Å². The number of ether oxygens (including phenoxy) is 1. The van der Waals surface area contributed by atoms with E-state index in [-0.39, 0.29) is 5.92 Å². The highest BCUT2D eigenvalue weighted by Gasteiger charge is 2.44. The molecule has 0 saturated heterocycles. The van der Waals surface area contributed by atoms with Crippen LogP contribution in [0.2, 0.25) is 0 Å². The fourth-order valence-corrected chi connectivity index (χ4v) is 3.17. The standard InChI is InChI=1S/C19H16INO4/c1-11(2)16(19(24)25-13-9-7-12(20)8-10-13)21-17(22)14-5-3-4-6-15(14)18(21)23/h3-11,16H,1-2H3. The van der Waals surface area contributed by atoms with Crippen molar-refractivity contribution in [2.45, 2.75) is 19.9 Å². The summed E-state index contributed by atoms with van der Waals surface area (Å²) in [4.78, 5) is 39.0. The highest BCUT2D eigenvalue weighted by Crippen LogP contribution is 2.28. The summed E-state index contributed by atoms with van der Waals surface area (Å²) in [6, 6.07) is 12.6. The first-order valence-corrected chi connectivity index (χ1v) is 8.92. The van der Waals surface area contributed by atoms with E-state index in [0.717, 1.165) is 8.47 Å². The summed E-state index contributed by atoms with van der Waals surface area (Å²) in [6.07, 6.45) is 0. The number of carbonyl (C=O) groups is 3. The second kappa shape index (κ2) is 6.95. The average molecular weight is 449 g/mol. The van der Waals surface area contributed by atoms with Crippen molar-refractivity contribution in [1.29, 1.82) is 0 Å². The van der Waals surface area contributed by atoms with Crippen molar-refractivity contribution in [2.24, 2.45) is 5.92 Å². The molecule has 2 aromatic rings. The number of esters is 1. The molecule has 1 heterocycles. The van der Waals surface area contributed by atoms with E-state index in [2.05, 4.69) is 22.6 Å². The zero-order chi connectivity index (χ0) is 18.1. The molecule has 2 aromatic carbocycles. The van der Waals surface area contributed by atoms with Gasteiger partial charge in [-0.25, -0.2) is 4.79 Å². The van der Waals surface area contributed by atoms with Gasteiger partial charge < -0.3 is 4.74 Å². The molecule has 25 heavy (non-hydrogen) atoms. The molecule has 0 spiro atoms. The number of halogens is 1. The third-order valence-electron chi connectivity index (χ3n) is 4.01. The van der Waals surface area contributed by atoms with E-state index >= 15 is 0 Å². The van der Waals surface area contributed by atoms with E-state index in [1.165, 1.54) is 0 Å². The first-order chi connectivity index (χ1) is 11.9. The minimum atomic E-state index is -0.980. The molecule has 1 aliphatic heterocycles. The third kappa shape index (κ3) is 3.30. The Morgan fingerprint density at radius 2 is 1.48 bits per heavy atom. The Kier molecular flexibility index (Phi) is 4.89. The summed E-state index contributed by atoms with van der Waals surface area (Å²) in [5, 5.41) is 0. The van der Waals surface area contributed by atoms with Crippen LogP contribution in [0.1, 0.15) is 34.6 Å². The maximum atomic E-state index is 12.7. The predicted molar refractivity (Wildman–Crippen MR) is 100 cm³/mol. The topological polar surface area (TPSA) is 63.7 Å². The number of rotatable bonds is 4. The first-order valence-electron chi connectivity index (χ1n) is 7.84. The van der Waals surface area contributed by atoms with Crippen molar-refractivity contribution in [3.8, 4) is 5.75 Å². The number of carbonyl (C=O) groups excluding carboxylic acids is 3. The van der Waals surface area contributed by atoms with Gasteiger partial charge in [0, 0.05) is 3.57 Å². The van der Waals surface area contributed by atoms with Crippen LogP contribution in [-0.2, 0) is 4.79 Å². The Morgan fingerprint density at radius 1 is 0.960 bits per heavy atom. The maximum absolute atomic E-state index is 12.7. The zero-order valence-corrected chi connectivity index (χ0v) is 15.9. The molecule has 0 aliphatic carbocycles. The molecule has 3 rings (SSSR count). The third-order valence-corrected chi connectivity index (χ3v) is 4.73. The lowest BCUT2D eigenvalue weighted by atomic mass is 10.0. The van der Waals surface area contributed by atoms with Crippen molar-refractivity contribution < 1.29 is 19.1 Å². The normalized spacial score (nSPS) is 14.6. The second-order valence-electron chi connectivity index (χ2n) is 6.09. The van der Waals surface area contributed by atoms with Gasteiger partial charge in [0.25, 0.3) is 11.8 Å². The summed E-state index contributed by atoms with van der Waals surface area (Å²) in [5.74, 6) is -1.44. The van der Waals surface area contributed by atoms with Crippen LogP contribution in [0.15, 0.2) is 48.5 Å². The first kappa shape index (κ1) is 17.6. The Bertz CT molecular complexity index is 810. The van der Waals surface area contributed by atoms with Gasteiger partial charge in [0.2, 0.25) is 0 Å². The molecule has 0 aromatic heterocycles. The van der Waals surface area contributed by atoms with E-state index in [4.69, 9.17) is 4.74 Å². The molecule has 1 atom stereocenters. The van der Waals surface area contributed by atoms with Crippen LogP contribution in [-0.4, -0.2) is 28.7 Å². The molecule has 5 nitrogen and oxygen atoms in total. The van der Waals surface area contributed by atoms with E-state index in [0.29, 0.717) is 16.9 Å². The van der Waals surface area contributed by atoms with Crippen molar-refractivity contribution in [3.05, 3.63) is 63.2 Å². The van der Waals surface area contributed by atoms with Crippen molar-refractivity contribution in [1.82, 2.24) is 4.90 Å². The summed E-state index contributed by atoms with van der Waals surface area (Å²) in [7, 11) is 0. The molecule has 1 unspecified atom stereocenters. The largest absolute Gasteiger partial charge is 0.425 e. The number of amides is 2. The molecular weight excluding hydrogens is 433 g/mol. The highest BCUT2D eigenvalue weighted by molar-refractivity contribution is 14.1. The van der Waals surface area contributed by atoms with Crippen LogP contribution in [0, 0.1) is 9.49 Å². The maximum Gasteiger partial charge on any atom is 0.335 e. The fourth-order valence-electron chi connectivity index (χ4n) is 2.82. The van der Waals surface area contributed by atoms with Crippen LogP contribution < -0.4 is 4.74 Å². The monoisotopic (exact) mass is 449 g/mol. The Balaban J connectivity index is 1.89. The molecule has 6 heteroatoms. The number of benzene rings is 2. The molecule has 0 radical (unpaired) electrons. The van der Waals surface area contributed by atoms with Crippen molar-refractivity contribution in [3.63, 3.8) is 0 Å². The molecule has 1 aliphatic rings. The van der Waals surface area contributed by atoms with Gasteiger partial charge in [-0.3, -0.25) is 14.5 Å². The summed E-state index contributed by atoms with van der Waals surface area (Å²) < 4.78 is 6.42. The molecular formula is C19H16INO4. The quantitative estimate of drug-likeness (QED) is 0.310. The molecule has 2 amide bonds. The number of nitrogens with zero attached hydrogens (tertiary/aromatic N) is 1. The number of imide groups is 1. The number of hydrogen-bond acceptors (Lipinski definition) is 4. The van der Waals surface area contributed by atoms with Gasteiger partial charge in [-0.1, -0.05) is 26.0 Å². The summed E-state index contributed by atoms with van der Waals surface area (Å²) >= 11 is 2.15. The summed E-state index contributed by atoms with van der Waals surface area (Å²) in [6.45, 7) is 3.56. The lowest BCUT2D eigenvalue weighted by molar-refractivity contribution is -0.140. The lowest BCUT2D eigenvalue weighted by Gasteiger charge is -2.27. The average Bonchev–Trinajstić information content (AvgIpc) is 2.83. The minimum Gasteiger partial charge on any atom is -0.425 e. The number of hydrogen-bond donors (Lipinski definition) is 0. The van der Waals surface area contributed by atoms with Crippen molar-refractivity contribution in [2.75, 3.05) is 0 Å². The molecule has 0 bridgehead atoms. The van der Waals surface area contributed by atoms with Gasteiger partial charge in [-0.15, -0.1) is 0 Å². The molecule has 0 N–H and O–H groups in total. The highest BCUT2D eigenvalue weighted by atomic mass is 127. The lowest BCUT2D eigenvalue weighted by Crippen LogP contribution is -2.49. The Morgan fingerprint density at radius 3 is 1.96 bits per heavy atom. The Hall–Kier alpha value is -2.22. The van der Waals surface area contributed by atoms with Crippen molar-refractivity contribution >= 4 is 40.4 Å². The van der Waals surface area contributed by atoms with Crippen LogP contribution in [0.5, 0.6) is 5.75 Å². The number of fused-ring (bicyclic) bond motifs is 1. The van der Waals surface area contributed by atoms with Gasteiger partial charge in [0.15, 0.2) is 0 Å². The van der Waals surface area contributed by atoms with Gasteiger partial charge in [-0.2, -0.15) is 0 Å². The smallest absolute Gasteiger partial charge is 0.335 e. The van der Waals surface area contributed by atoms with Crippen LogP contribution in [0.25, 0.3) is 0 Å². The van der Waals surface area contributed by atoms with E-state index in [9.17, 15) is 14.4 Å². The molecule has 128 valence electrons. The zero-order valence-electron chi connectivity index (χ0n) is 13.7. The van der Waals surface area contributed by atoms with Gasteiger partial charge >= 0.3 is 5.97 Å². The van der Waals surface area contributed by atoms with E-state index in [1.807, 2.05) is 12.1 Å². The van der Waals surface area contributed by atoms with Gasteiger partial charge in [0.05, 0.1) is 11.1 Å². The van der Waals surface area contributed by atoms with Crippen LogP contribution in [0.4, 0.5) is 0 Å².